The van der Waals surface area contributed by atoms with Crippen LogP contribution in [-0.4, -0.2) is 65.6 Å². The zero-order valence-electron chi connectivity index (χ0n) is 18.7. The maximum absolute atomic E-state index is 12.5. The Bertz CT molecular complexity index is 795. The number of aliphatic hydroxyl groups is 2. The standard InChI is InChI=1S/C25H38N2O3/c1-16(2)14-26-21-12-25(29)23-10-18-6-7-19(30-3)11-20(18)24(25,13-22(21)28)8-9-27(23)15-17-4-5-17/h6-7,11,16-17,21-23,26,28-29H,4-5,8-10,12-15H2,1-3H3/t21-,22+,23-,24-,25-/m1/s1. The van der Waals surface area contributed by atoms with E-state index in [1.807, 2.05) is 6.07 Å². The van der Waals surface area contributed by atoms with E-state index in [2.05, 4.69) is 36.2 Å². The monoisotopic (exact) mass is 414 g/mol. The van der Waals surface area contributed by atoms with Crippen LogP contribution in [0.15, 0.2) is 18.2 Å². The molecule has 5 rings (SSSR count). The quantitative estimate of drug-likeness (QED) is 0.667. The summed E-state index contributed by atoms with van der Waals surface area (Å²) in [4.78, 5) is 2.58. The van der Waals surface area contributed by atoms with Gasteiger partial charge in [0.2, 0.25) is 0 Å². The molecule has 3 fully saturated rings. The minimum Gasteiger partial charge on any atom is -0.497 e. The average Bonchev–Trinajstić information content (AvgIpc) is 3.53. The van der Waals surface area contributed by atoms with Gasteiger partial charge in [0.25, 0.3) is 0 Å². The molecular formula is C25H38N2O3. The number of fused-ring (bicyclic) bond motifs is 1. The number of piperidine rings is 1. The normalized spacial score (nSPS) is 38.3. The van der Waals surface area contributed by atoms with E-state index in [1.165, 1.54) is 24.0 Å². The van der Waals surface area contributed by atoms with E-state index >= 15 is 0 Å². The highest BCUT2D eigenvalue weighted by Gasteiger charge is 2.66. The van der Waals surface area contributed by atoms with E-state index in [4.69, 9.17) is 4.74 Å². The molecule has 0 spiro atoms. The van der Waals surface area contributed by atoms with Gasteiger partial charge in [0, 0.05) is 24.0 Å². The van der Waals surface area contributed by atoms with Gasteiger partial charge in [-0.15, -0.1) is 0 Å². The molecule has 1 heterocycles. The molecule has 30 heavy (non-hydrogen) atoms. The lowest BCUT2D eigenvalue weighted by Gasteiger charge is -2.65. The zero-order chi connectivity index (χ0) is 21.1. The Kier molecular flexibility index (Phi) is 5.17. The number of methoxy groups -OCH3 is 1. The van der Waals surface area contributed by atoms with Gasteiger partial charge in [0.15, 0.2) is 0 Å². The molecule has 5 heteroatoms. The van der Waals surface area contributed by atoms with Crippen LogP contribution in [0.1, 0.15) is 57.1 Å². The van der Waals surface area contributed by atoms with Crippen molar-refractivity contribution >= 4 is 0 Å². The molecule has 1 aromatic carbocycles. The Morgan fingerprint density at radius 2 is 2.07 bits per heavy atom. The second-order valence-electron chi connectivity index (χ2n) is 10.8. The number of benzene rings is 1. The van der Waals surface area contributed by atoms with Gasteiger partial charge in [-0.25, -0.2) is 0 Å². The first-order valence-electron chi connectivity index (χ1n) is 11.9. The number of hydrogen-bond acceptors (Lipinski definition) is 5. The maximum Gasteiger partial charge on any atom is 0.119 e. The van der Waals surface area contributed by atoms with E-state index < -0.39 is 17.1 Å². The number of rotatable bonds is 6. The molecule has 0 unspecified atom stereocenters. The van der Waals surface area contributed by atoms with Crippen LogP contribution in [0.4, 0.5) is 0 Å². The predicted octanol–water partition coefficient (Wildman–Crippen LogP) is 2.47. The minimum atomic E-state index is -0.826. The van der Waals surface area contributed by atoms with Crippen LogP contribution in [0.2, 0.25) is 0 Å². The smallest absolute Gasteiger partial charge is 0.119 e. The first-order valence-corrected chi connectivity index (χ1v) is 11.9. The molecule has 3 N–H and O–H groups in total. The number of likely N-dealkylation sites (tertiary alicyclic amines) is 1. The van der Waals surface area contributed by atoms with Crippen LogP contribution in [0.25, 0.3) is 0 Å². The van der Waals surface area contributed by atoms with Gasteiger partial charge >= 0.3 is 0 Å². The number of hydrogen-bond donors (Lipinski definition) is 3. The number of nitrogens with zero attached hydrogens (tertiary/aromatic N) is 1. The first-order chi connectivity index (χ1) is 14.4. The fourth-order valence-electron chi connectivity index (χ4n) is 6.64. The molecule has 5 nitrogen and oxygen atoms in total. The van der Waals surface area contributed by atoms with E-state index in [1.54, 1.807) is 7.11 Å². The number of aliphatic hydroxyl groups excluding tert-OH is 1. The summed E-state index contributed by atoms with van der Waals surface area (Å²) in [5.41, 5.74) is 1.32. The van der Waals surface area contributed by atoms with Crippen molar-refractivity contribution in [2.75, 3.05) is 26.7 Å². The highest BCUT2D eigenvalue weighted by molar-refractivity contribution is 5.49. The molecule has 2 bridgehead atoms. The van der Waals surface area contributed by atoms with Gasteiger partial charge < -0.3 is 20.3 Å². The zero-order valence-corrected chi connectivity index (χ0v) is 18.7. The van der Waals surface area contributed by atoms with E-state index in [9.17, 15) is 10.2 Å². The molecule has 5 atom stereocenters. The summed E-state index contributed by atoms with van der Waals surface area (Å²) in [5, 5.41) is 27.3. The van der Waals surface area contributed by atoms with Gasteiger partial charge in [0.05, 0.1) is 18.8 Å². The van der Waals surface area contributed by atoms with Crippen molar-refractivity contribution in [2.45, 2.75) is 81.6 Å². The molecule has 1 aliphatic heterocycles. The highest BCUT2D eigenvalue weighted by atomic mass is 16.5. The summed E-state index contributed by atoms with van der Waals surface area (Å²) in [5.74, 6) is 2.17. The van der Waals surface area contributed by atoms with Crippen molar-refractivity contribution in [2.24, 2.45) is 11.8 Å². The summed E-state index contributed by atoms with van der Waals surface area (Å²) in [6.07, 6.45) is 5.24. The Balaban J connectivity index is 1.55. The van der Waals surface area contributed by atoms with Crippen molar-refractivity contribution in [1.29, 1.82) is 0 Å². The van der Waals surface area contributed by atoms with Crippen molar-refractivity contribution < 1.29 is 14.9 Å². The molecule has 4 aliphatic rings. The van der Waals surface area contributed by atoms with Crippen LogP contribution in [0.3, 0.4) is 0 Å². The third kappa shape index (κ3) is 3.21. The molecule has 0 aromatic heterocycles. The average molecular weight is 415 g/mol. The van der Waals surface area contributed by atoms with E-state index in [0.717, 1.165) is 44.1 Å². The molecule has 166 valence electrons. The van der Waals surface area contributed by atoms with Gasteiger partial charge in [-0.3, -0.25) is 4.90 Å². The van der Waals surface area contributed by atoms with E-state index in [-0.39, 0.29) is 12.1 Å². The summed E-state index contributed by atoms with van der Waals surface area (Å²) < 4.78 is 5.56. The molecule has 2 saturated carbocycles. The summed E-state index contributed by atoms with van der Waals surface area (Å²) in [7, 11) is 1.71. The molecular weight excluding hydrogens is 376 g/mol. The molecule has 3 aliphatic carbocycles. The molecule has 1 saturated heterocycles. The van der Waals surface area contributed by atoms with Crippen molar-refractivity contribution in [3.63, 3.8) is 0 Å². The Morgan fingerprint density at radius 1 is 1.27 bits per heavy atom. The van der Waals surface area contributed by atoms with Gasteiger partial charge in [0.1, 0.15) is 5.75 Å². The second kappa shape index (κ2) is 7.47. The third-order valence-corrected chi connectivity index (χ3v) is 8.42. The van der Waals surface area contributed by atoms with Crippen molar-refractivity contribution in [3.8, 4) is 5.75 Å². The van der Waals surface area contributed by atoms with Gasteiger partial charge in [-0.2, -0.15) is 0 Å². The topological polar surface area (TPSA) is 65.0 Å². The molecule has 0 amide bonds. The van der Waals surface area contributed by atoms with Crippen LogP contribution >= 0.6 is 0 Å². The predicted molar refractivity (Wildman–Crippen MR) is 118 cm³/mol. The molecule has 1 aromatic rings. The van der Waals surface area contributed by atoms with Crippen LogP contribution < -0.4 is 10.1 Å². The lowest BCUT2D eigenvalue weighted by Crippen LogP contribution is -2.76. The lowest BCUT2D eigenvalue weighted by atomic mass is 9.48. The van der Waals surface area contributed by atoms with Crippen LogP contribution in [0, 0.1) is 11.8 Å². The fourth-order valence-corrected chi connectivity index (χ4v) is 6.64. The van der Waals surface area contributed by atoms with Gasteiger partial charge in [-0.05, 0) is 86.7 Å². The Morgan fingerprint density at radius 3 is 2.77 bits per heavy atom. The lowest BCUT2D eigenvalue weighted by molar-refractivity contribution is -0.190. The molecule has 0 radical (unpaired) electrons. The summed E-state index contributed by atoms with van der Waals surface area (Å²) in [6, 6.07) is 6.46. The van der Waals surface area contributed by atoms with Crippen molar-refractivity contribution in [3.05, 3.63) is 29.3 Å². The second-order valence-corrected chi connectivity index (χ2v) is 10.8. The first kappa shape index (κ1) is 20.7. The van der Waals surface area contributed by atoms with Gasteiger partial charge in [-0.1, -0.05) is 19.9 Å². The highest BCUT2D eigenvalue weighted by Crippen LogP contribution is 2.59. The SMILES string of the molecule is COc1ccc2c(c1)[C@]13CCN(CC4CC4)[C@H](C2)[C@]1(O)C[C@@H](NCC(C)C)[C@@H](O)C3. The maximum atomic E-state index is 12.5. The summed E-state index contributed by atoms with van der Waals surface area (Å²) in [6.45, 7) is 7.37. The summed E-state index contributed by atoms with van der Waals surface area (Å²) >= 11 is 0. The number of ether oxygens (including phenoxy) is 1. The van der Waals surface area contributed by atoms with Crippen LogP contribution in [-0.2, 0) is 11.8 Å². The van der Waals surface area contributed by atoms with E-state index in [0.29, 0.717) is 18.8 Å². The third-order valence-electron chi connectivity index (χ3n) is 8.42. The Hall–Kier alpha value is -1.14. The van der Waals surface area contributed by atoms with Crippen LogP contribution in [0.5, 0.6) is 5.75 Å². The minimum absolute atomic E-state index is 0.0546. The number of nitrogens with one attached hydrogen (secondary N) is 1. The van der Waals surface area contributed by atoms with Crippen molar-refractivity contribution in [1.82, 2.24) is 10.2 Å². The fraction of sp³-hybridized carbons (Fsp3) is 0.760. The largest absolute Gasteiger partial charge is 0.497 e. The Labute approximate surface area is 180 Å².